The molecule has 0 aliphatic heterocycles. The molecule has 0 fully saturated rings. The molecule has 0 amide bonds. The second kappa shape index (κ2) is 12.3. The topological polar surface area (TPSA) is 40.6 Å². The Morgan fingerprint density at radius 1 is 0.639 bits per heavy atom. The molecule has 0 aromatic heterocycles. The van der Waals surface area contributed by atoms with Gasteiger partial charge in [0.1, 0.15) is 0 Å². The highest BCUT2D eigenvalue weighted by molar-refractivity contribution is 7.89. The molecular formula is C31H36N2O2S. The molecule has 4 nitrogen and oxygen atoms in total. The van der Waals surface area contributed by atoms with Gasteiger partial charge in [0.2, 0.25) is 10.0 Å². The van der Waals surface area contributed by atoms with Crippen LogP contribution in [0.1, 0.15) is 32.3 Å². The second-order valence-corrected chi connectivity index (χ2v) is 11.1. The predicted octanol–water partition coefficient (Wildman–Crippen LogP) is 6.82. The van der Waals surface area contributed by atoms with Crippen molar-refractivity contribution < 1.29 is 8.42 Å². The summed E-state index contributed by atoms with van der Waals surface area (Å²) in [7, 11) is -3.64. The van der Waals surface area contributed by atoms with Crippen molar-refractivity contribution >= 4 is 20.8 Å². The van der Waals surface area contributed by atoms with Crippen LogP contribution in [0, 0.1) is 0 Å². The van der Waals surface area contributed by atoms with Crippen LogP contribution in [0.2, 0.25) is 0 Å². The van der Waals surface area contributed by atoms with Gasteiger partial charge in [-0.05, 0) is 78.1 Å². The van der Waals surface area contributed by atoms with Crippen molar-refractivity contribution in [3.05, 3.63) is 103 Å². The van der Waals surface area contributed by atoms with Gasteiger partial charge in [0.25, 0.3) is 0 Å². The van der Waals surface area contributed by atoms with Crippen LogP contribution in [0.3, 0.4) is 0 Å². The first-order chi connectivity index (χ1) is 17.5. The fraction of sp³-hybridized carbons (Fsp3) is 0.290. The van der Waals surface area contributed by atoms with Crippen LogP contribution >= 0.6 is 0 Å². The molecule has 0 radical (unpaired) electrons. The van der Waals surface area contributed by atoms with Gasteiger partial charge in [-0.3, -0.25) is 0 Å². The summed E-state index contributed by atoms with van der Waals surface area (Å²) in [6.07, 6.45) is 1.80. The number of hydrogen-bond donors (Lipinski definition) is 0. The third-order valence-corrected chi connectivity index (χ3v) is 8.66. The molecule has 0 aliphatic rings. The van der Waals surface area contributed by atoms with E-state index in [0.717, 1.165) is 59.9 Å². The van der Waals surface area contributed by atoms with E-state index in [2.05, 4.69) is 43.0 Å². The van der Waals surface area contributed by atoms with Gasteiger partial charge in [-0.25, -0.2) is 8.42 Å². The molecule has 0 spiro atoms. The summed E-state index contributed by atoms with van der Waals surface area (Å²) in [5.41, 5.74) is 3.09. The Balaban J connectivity index is 1.56. The first-order valence-electron chi connectivity index (χ1n) is 12.9. The number of unbranched alkanes of at least 4 members (excludes halogenated alkanes) is 1. The lowest BCUT2D eigenvalue weighted by Gasteiger charge is -2.24. The lowest BCUT2D eigenvalue weighted by Crippen LogP contribution is -2.32. The van der Waals surface area contributed by atoms with E-state index >= 15 is 0 Å². The standard InChI is InChI=1S/C31H36N2O2S/c1-3-32(4-2)22-10-11-23-33(25-26-16-17-28-14-8-9-15-30(28)24-26)36(34,35)31-20-18-29(19-21-31)27-12-6-5-7-13-27/h5-9,12-21,24H,3-4,10-11,22-23,25H2,1-2H3. The molecule has 0 atom stereocenters. The second-order valence-electron chi connectivity index (χ2n) is 9.14. The van der Waals surface area contributed by atoms with Crippen molar-refractivity contribution in [2.75, 3.05) is 26.2 Å². The molecule has 5 heteroatoms. The van der Waals surface area contributed by atoms with E-state index in [1.54, 1.807) is 16.4 Å². The Hall–Kier alpha value is -2.99. The molecule has 0 unspecified atom stereocenters. The van der Waals surface area contributed by atoms with E-state index in [1.165, 1.54) is 0 Å². The molecule has 188 valence electrons. The zero-order chi connectivity index (χ0) is 25.4. The van der Waals surface area contributed by atoms with Crippen LogP contribution < -0.4 is 0 Å². The van der Waals surface area contributed by atoms with Gasteiger partial charge in [-0.1, -0.05) is 92.7 Å². The maximum Gasteiger partial charge on any atom is 0.243 e. The minimum Gasteiger partial charge on any atom is -0.304 e. The van der Waals surface area contributed by atoms with Gasteiger partial charge in [-0.2, -0.15) is 4.31 Å². The maximum atomic E-state index is 13.8. The molecule has 4 rings (SSSR count). The Labute approximate surface area is 216 Å². The summed E-state index contributed by atoms with van der Waals surface area (Å²) >= 11 is 0. The maximum absolute atomic E-state index is 13.8. The number of fused-ring (bicyclic) bond motifs is 1. The normalized spacial score (nSPS) is 12.0. The quantitative estimate of drug-likeness (QED) is 0.200. The molecule has 0 N–H and O–H groups in total. The molecule has 4 aromatic carbocycles. The molecule has 4 aromatic rings. The third-order valence-electron chi connectivity index (χ3n) is 6.80. The minimum absolute atomic E-state index is 0.340. The number of rotatable bonds is 12. The van der Waals surface area contributed by atoms with E-state index in [9.17, 15) is 8.42 Å². The van der Waals surface area contributed by atoms with E-state index in [0.29, 0.717) is 18.0 Å². The number of hydrogen-bond acceptors (Lipinski definition) is 3. The highest BCUT2D eigenvalue weighted by Crippen LogP contribution is 2.25. The first kappa shape index (κ1) is 26.1. The third kappa shape index (κ3) is 6.41. The first-order valence-corrected chi connectivity index (χ1v) is 14.3. The molecular weight excluding hydrogens is 464 g/mol. The average Bonchev–Trinajstić information content (AvgIpc) is 2.93. The van der Waals surface area contributed by atoms with Gasteiger partial charge in [0, 0.05) is 13.1 Å². The molecule has 0 aliphatic carbocycles. The van der Waals surface area contributed by atoms with Crippen LogP contribution in [-0.2, 0) is 16.6 Å². The van der Waals surface area contributed by atoms with Crippen molar-refractivity contribution in [3.63, 3.8) is 0 Å². The fourth-order valence-electron chi connectivity index (χ4n) is 4.59. The largest absolute Gasteiger partial charge is 0.304 e. The van der Waals surface area contributed by atoms with Crippen LogP contribution in [-0.4, -0.2) is 43.8 Å². The van der Waals surface area contributed by atoms with Crippen LogP contribution in [0.4, 0.5) is 0 Å². The van der Waals surface area contributed by atoms with Gasteiger partial charge in [-0.15, -0.1) is 0 Å². The summed E-state index contributed by atoms with van der Waals surface area (Å²) in [6.45, 7) is 8.21. The van der Waals surface area contributed by atoms with E-state index in [1.807, 2.05) is 60.7 Å². The van der Waals surface area contributed by atoms with Gasteiger partial charge < -0.3 is 4.90 Å². The highest BCUT2D eigenvalue weighted by Gasteiger charge is 2.24. The molecule has 0 saturated heterocycles. The van der Waals surface area contributed by atoms with Crippen molar-refractivity contribution in [1.82, 2.24) is 9.21 Å². The molecule has 0 heterocycles. The average molecular weight is 501 g/mol. The van der Waals surface area contributed by atoms with E-state index < -0.39 is 10.0 Å². The Morgan fingerprint density at radius 3 is 1.94 bits per heavy atom. The summed E-state index contributed by atoms with van der Waals surface area (Å²) < 4.78 is 29.3. The monoisotopic (exact) mass is 500 g/mol. The summed E-state index contributed by atoms with van der Waals surface area (Å²) in [5.74, 6) is 0. The minimum atomic E-state index is -3.64. The summed E-state index contributed by atoms with van der Waals surface area (Å²) in [4.78, 5) is 2.72. The van der Waals surface area contributed by atoms with Crippen molar-refractivity contribution in [3.8, 4) is 11.1 Å². The molecule has 0 saturated carbocycles. The van der Waals surface area contributed by atoms with E-state index in [-0.39, 0.29) is 0 Å². The Kier molecular flexibility index (Phi) is 8.92. The van der Waals surface area contributed by atoms with Crippen LogP contribution in [0.5, 0.6) is 0 Å². The predicted molar refractivity (Wildman–Crippen MR) is 150 cm³/mol. The smallest absolute Gasteiger partial charge is 0.243 e. The fourth-order valence-corrected chi connectivity index (χ4v) is 6.05. The SMILES string of the molecule is CCN(CC)CCCCN(Cc1ccc2ccccc2c1)S(=O)(=O)c1ccc(-c2ccccc2)cc1. The lowest BCUT2D eigenvalue weighted by molar-refractivity contribution is 0.289. The van der Waals surface area contributed by atoms with Gasteiger partial charge >= 0.3 is 0 Å². The number of sulfonamides is 1. The van der Waals surface area contributed by atoms with E-state index in [4.69, 9.17) is 0 Å². The summed E-state index contributed by atoms with van der Waals surface area (Å²) in [5, 5.41) is 2.28. The van der Waals surface area contributed by atoms with Gasteiger partial charge in [0.15, 0.2) is 0 Å². The van der Waals surface area contributed by atoms with Gasteiger partial charge in [0.05, 0.1) is 4.90 Å². The number of benzene rings is 4. The van der Waals surface area contributed by atoms with Crippen LogP contribution in [0.25, 0.3) is 21.9 Å². The van der Waals surface area contributed by atoms with Crippen LogP contribution in [0.15, 0.2) is 102 Å². The van der Waals surface area contributed by atoms with Crippen molar-refractivity contribution in [1.29, 1.82) is 0 Å². The van der Waals surface area contributed by atoms with Crippen molar-refractivity contribution in [2.24, 2.45) is 0 Å². The summed E-state index contributed by atoms with van der Waals surface area (Å²) in [6, 6.07) is 31.7. The Morgan fingerprint density at radius 2 is 1.25 bits per heavy atom. The molecule has 0 bridgehead atoms. The zero-order valence-corrected chi connectivity index (χ0v) is 22.1. The number of nitrogens with zero attached hydrogens (tertiary/aromatic N) is 2. The molecule has 36 heavy (non-hydrogen) atoms. The van der Waals surface area contributed by atoms with Crippen molar-refractivity contribution in [2.45, 2.75) is 38.1 Å². The zero-order valence-electron chi connectivity index (χ0n) is 21.3. The highest BCUT2D eigenvalue weighted by atomic mass is 32.2. The lowest BCUT2D eigenvalue weighted by atomic mass is 10.1. The Bertz CT molecular complexity index is 1350.